The molecule has 122 valence electrons. The summed E-state index contributed by atoms with van der Waals surface area (Å²) in [6, 6.07) is 5.91. The first-order valence-corrected chi connectivity index (χ1v) is 7.16. The summed E-state index contributed by atoms with van der Waals surface area (Å²) in [7, 11) is 0. The van der Waals surface area contributed by atoms with Crippen molar-refractivity contribution in [3.63, 3.8) is 0 Å². The number of halogens is 3. The highest BCUT2D eigenvalue weighted by atomic mass is 19.4. The molecule has 1 aromatic carbocycles. The third kappa shape index (κ3) is 4.91. The van der Waals surface area contributed by atoms with Crippen LogP contribution in [-0.4, -0.2) is 50.3 Å². The lowest BCUT2D eigenvalue weighted by Crippen LogP contribution is -2.47. The lowest BCUT2D eigenvalue weighted by Gasteiger charge is -2.36. The first kappa shape index (κ1) is 16.6. The number of carbonyl (C=O) groups is 1. The zero-order chi connectivity index (χ0) is 16.2. The molecule has 0 spiro atoms. The number of ether oxygens (including phenoxy) is 1. The average Bonchev–Trinajstić information content (AvgIpc) is 2.47. The number of anilines is 1. The number of nitrogens with zero attached hydrogens (tertiary/aromatic N) is 2. The van der Waals surface area contributed by atoms with Crippen LogP contribution in [0.15, 0.2) is 24.3 Å². The largest absolute Gasteiger partial charge is 0.573 e. The van der Waals surface area contributed by atoms with E-state index in [0.29, 0.717) is 0 Å². The lowest BCUT2D eigenvalue weighted by molar-refractivity contribution is -0.274. The van der Waals surface area contributed by atoms with Gasteiger partial charge in [-0.05, 0) is 24.3 Å². The fourth-order valence-corrected chi connectivity index (χ4v) is 2.50. The first-order valence-electron chi connectivity index (χ1n) is 7.16. The predicted molar refractivity (Wildman–Crippen MR) is 77.0 cm³/mol. The quantitative estimate of drug-likeness (QED) is 0.782. The second kappa shape index (κ2) is 7.00. The van der Waals surface area contributed by atoms with E-state index < -0.39 is 6.36 Å². The van der Waals surface area contributed by atoms with Crippen LogP contribution in [0.3, 0.4) is 0 Å². The van der Waals surface area contributed by atoms with Crippen LogP contribution < -0.4 is 9.64 Å². The van der Waals surface area contributed by atoms with Crippen molar-refractivity contribution in [1.82, 2.24) is 4.90 Å². The minimum Gasteiger partial charge on any atom is -0.406 e. The van der Waals surface area contributed by atoms with Gasteiger partial charge in [0.1, 0.15) is 12.0 Å². The topological polar surface area (TPSA) is 32.8 Å². The van der Waals surface area contributed by atoms with Gasteiger partial charge in [-0.1, -0.05) is 6.92 Å². The van der Waals surface area contributed by atoms with Crippen molar-refractivity contribution < 1.29 is 22.7 Å². The van der Waals surface area contributed by atoms with Crippen molar-refractivity contribution in [1.29, 1.82) is 0 Å². The van der Waals surface area contributed by atoms with Gasteiger partial charge < -0.3 is 14.4 Å². The molecule has 0 unspecified atom stereocenters. The number of piperazine rings is 1. The third-order valence-electron chi connectivity index (χ3n) is 3.59. The van der Waals surface area contributed by atoms with Crippen LogP contribution in [0.4, 0.5) is 18.9 Å². The number of hydrogen-bond donors (Lipinski definition) is 0. The number of benzene rings is 1. The molecule has 0 bridgehead atoms. The van der Waals surface area contributed by atoms with Crippen LogP contribution in [0.2, 0.25) is 0 Å². The molecule has 1 saturated heterocycles. The smallest absolute Gasteiger partial charge is 0.406 e. The molecular formula is C15H19F3N2O2. The molecule has 0 aliphatic carbocycles. The second-order valence-corrected chi connectivity index (χ2v) is 5.44. The Morgan fingerprint density at radius 2 is 1.77 bits per heavy atom. The molecule has 0 saturated carbocycles. The van der Waals surface area contributed by atoms with Crippen LogP contribution in [-0.2, 0) is 4.79 Å². The molecule has 1 aromatic rings. The number of rotatable bonds is 5. The Labute approximate surface area is 127 Å². The molecular weight excluding hydrogens is 297 g/mol. The van der Waals surface area contributed by atoms with Crippen molar-refractivity contribution in [3.05, 3.63) is 24.3 Å². The van der Waals surface area contributed by atoms with Crippen molar-refractivity contribution in [2.75, 3.05) is 37.6 Å². The molecule has 1 heterocycles. The van der Waals surface area contributed by atoms with Gasteiger partial charge in [-0.15, -0.1) is 13.2 Å². The highest BCUT2D eigenvalue weighted by Crippen LogP contribution is 2.25. The first-order chi connectivity index (χ1) is 10.4. The van der Waals surface area contributed by atoms with E-state index in [2.05, 4.69) is 14.5 Å². The zero-order valence-electron chi connectivity index (χ0n) is 12.3. The summed E-state index contributed by atoms with van der Waals surface area (Å²) in [5.74, 6) is -0.194. The van der Waals surface area contributed by atoms with E-state index in [4.69, 9.17) is 0 Å². The summed E-state index contributed by atoms with van der Waals surface area (Å²) in [5, 5.41) is 0. The van der Waals surface area contributed by atoms with Crippen molar-refractivity contribution in [2.24, 2.45) is 5.92 Å². The monoisotopic (exact) mass is 316 g/mol. The van der Waals surface area contributed by atoms with Gasteiger partial charge >= 0.3 is 6.36 Å². The Morgan fingerprint density at radius 3 is 2.27 bits per heavy atom. The Bertz CT molecular complexity index is 483. The summed E-state index contributed by atoms with van der Waals surface area (Å²) in [6.07, 6.45) is -3.71. The van der Waals surface area contributed by atoms with E-state index in [1.165, 1.54) is 12.1 Å². The molecule has 22 heavy (non-hydrogen) atoms. The minimum absolute atomic E-state index is 0.0188. The van der Waals surface area contributed by atoms with Gasteiger partial charge in [-0.2, -0.15) is 0 Å². The molecule has 1 aliphatic heterocycles. The number of carbonyl (C=O) groups excluding carboxylic acids is 1. The SMILES string of the molecule is C[C@H](C=O)CN1CCN(c2ccc(OC(F)(F)F)cc2)CC1. The molecule has 1 atom stereocenters. The molecule has 0 amide bonds. The maximum Gasteiger partial charge on any atom is 0.573 e. The Kier molecular flexibility index (Phi) is 5.28. The number of alkyl halides is 3. The molecule has 4 nitrogen and oxygen atoms in total. The van der Waals surface area contributed by atoms with Gasteiger partial charge in [-0.25, -0.2) is 0 Å². The van der Waals surface area contributed by atoms with Crippen LogP contribution in [0.5, 0.6) is 5.75 Å². The highest BCUT2D eigenvalue weighted by molar-refractivity contribution is 5.53. The van der Waals surface area contributed by atoms with E-state index in [0.717, 1.165) is 44.7 Å². The molecule has 1 aliphatic rings. The van der Waals surface area contributed by atoms with Crippen molar-refractivity contribution in [3.8, 4) is 5.75 Å². The zero-order valence-corrected chi connectivity index (χ0v) is 12.3. The predicted octanol–water partition coefficient (Wildman–Crippen LogP) is 2.54. The summed E-state index contributed by atoms with van der Waals surface area (Å²) < 4.78 is 40.2. The van der Waals surface area contributed by atoms with Gasteiger partial charge in [0.05, 0.1) is 0 Å². The van der Waals surface area contributed by atoms with E-state index in [1.54, 1.807) is 12.1 Å². The van der Waals surface area contributed by atoms with Crippen LogP contribution in [0.25, 0.3) is 0 Å². The third-order valence-corrected chi connectivity index (χ3v) is 3.59. The summed E-state index contributed by atoms with van der Waals surface area (Å²) in [4.78, 5) is 15.0. The summed E-state index contributed by atoms with van der Waals surface area (Å²) in [5.41, 5.74) is 0.873. The van der Waals surface area contributed by atoms with E-state index >= 15 is 0 Å². The van der Waals surface area contributed by atoms with Crippen molar-refractivity contribution in [2.45, 2.75) is 13.3 Å². The Hall–Kier alpha value is -1.76. The maximum atomic E-state index is 12.1. The standard InChI is InChI=1S/C15H19F3N2O2/c1-12(11-21)10-19-6-8-20(9-7-19)13-2-4-14(5-3-13)22-15(16,17)18/h2-5,11-12H,6-10H2,1H3/t12-/m0/s1. The molecule has 0 aromatic heterocycles. The normalized spacial score (nSPS) is 18.1. The minimum atomic E-state index is -4.66. The Balaban J connectivity index is 1.87. The molecule has 7 heteroatoms. The molecule has 1 fully saturated rings. The fourth-order valence-electron chi connectivity index (χ4n) is 2.50. The van der Waals surface area contributed by atoms with Gasteiger partial charge in [0, 0.05) is 44.3 Å². The van der Waals surface area contributed by atoms with Crippen LogP contribution >= 0.6 is 0 Å². The van der Waals surface area contributed by atoms with Gasteiger partial charge in [0.2, 0.25) is 0 Å². The van der Waals surface area contributed by atoms with Crippen LogP contribution in [0, 0.1) is 5.92 Å². The number of hydrogen-bond acceptors (Lipinski definition) is 4. The highest BCUT2D eigenvalue weighted by Gasteiger charge is 2.31. The van der Waals surface area contributed by atoms with E-state index in [9.17, 15) is 18.0 Å². The lowest BCUT2D eigenvalue weighted by atomic mass is 10.1. The number of aldehydes is 1. The van der Waals surface area contributed by atoms with Gasteiger partial charge in [0.25, 0.3) is 0 Å². The van der Waals surface area contributed by atoms with Crippen LogP contribution in [0.1, 0.15) is 6.92 Å². The average molecular weight is 316 g/mol. The Morgan fingerprint density at radius 1 is 1.18 bits per heavy atom. The fraction of sp³-hybridized carbons (Fsp3) is 0.533. The molecule has 2 rings (SSSR count). The van der Waals surface area contributed by atoms with Gasteiger partial charge in [-0.3, -0.25) is 4.90 Å². The summed E-state index contributed by atoms with van der Waals surface area (Å²) in [6.45, 7) is 5.86. The molecule has 0 radical (unpaired) electrons. The van der Waals surface area contributed by atoms with E-state index in [1.807, 2.05) is 6.92 Å². The second-order valence-electron chi connectivity index (χ2n) is 5.44. The van der Waals surface area contributed by atoms with E-state index in [-0.39, 0.29) is 11.7 Å². The van der Waals surface area contributed by atoms with Gasteiger partial charge in [0.15, 0.2) is 0 Å². The maximum absolute atomic E-state index is 12.1. The summed E-state index contributed by atoms with van der Waals surface area (Å²) >= 11 is 0. The molecule has 0 N–H and O–H groups in total. The van der Waals surface area contributed by atoms with Crippen molar-refractivity contribution >= 4 is 12.0 Å².